The first-order valence-corrected chi connectivity index (χ1v) is 10.9. The molecule has 2 aromatic rings. The van der Waals surface area contributed by atoms with Gasteiger partial charge in [-0.1, -0.05) is 12.5 Å². The fraction of sp³-hybridized carbons (Fsp3) is 0.444. The van der Waals surface area contributed by atoms with Crippen LogP contribution in [-0.2, 0) is 10.0 Å². The van der Waals surface area contributed by atoms with E-state index in [1.165, 1.54) is 17.4 Å². The molecule has 1 aliphatic heterocycles. The van der Waals surface area contributed by atoms with Crippen molar-refractivity contribution >= 4 is 32.4 Å². The van der Waals surface area contributed by atoms with Crippen molar-refractivity contribution in [3.05, 3.63) is 40.4 Å². The van der Waals surface area contributed by atoms with E-state index in [4.69, 9.17) is 0 Å². The normalized spacial score (nSPS) is 18.7. The van der Waals surface area contributed by atoms with Crippen LogP contribution in [0.5, 0.6) is 0 Å². The van der Waals surface area contributed by atoms with Gasteiger partial charge in [-0.15, -0.1) is 11.3 Å². The molecule has 1 aromatic heterocycles. The largest absolute Gasteiger partial charge is 0.298 e. The van der Waals surface area contributed by atoms with Crippen LogP contribution >= 0.6 is 11.3 Å². The van der Waals surface area contributed by atoms with Crippen molar-refractivity contribution in [3.63, 3.8) is 0 Å². The molecule has 1 atom stereocenters. The summed E-state index contributed by atoms with van der Waals surface area (Å²) in [5.41, 5.74) is 1.07. The van der Waals surface area contributed by atoms with Crippen molar-refractivity contribution < 1.29 is 13.2 Å². The monoisotopic (exact) mass is 393 g/mol. The molecule has 3 rings (SSSR count). The first-order chi connectivity index (χ1) is 12.3. The highest BCUT2D eigenvalue weighted by atomic mass is 32.2. The zero-order chi connectivity index (χ0) is 18.9. The molecule has 1 N–H and O–H groups in total. The van der Waals surface area contributed by atoms with E-state index in [1.54, 1.807) is 29.6 Å². The first kappa shape index (κ1) is 19.0. The average Bonchev–Trinajstić information content (AvgIpc) is 3.00. The lowest BCUT2D eigenvalue weighted by Crippen LogP contribution is -2.42. The molecule has 1 amide bonds. The van der Waals surface area contributed by atoms with Gasteiger partial charge in [0.05, 0.1) is 4.90 Å². The van der Waals surface area contributed by atoms with Crippen molar-refractivity contribution in [1.82, 2.24) is 9.29 Å². The summed E-state index contributed by atoms with van der Waals surface area (Å²) >= 11 is 1.38. The van der Waals surface area contributed by atoms with Gasteiger partial charge in [0.25, 0.3) is 5.91 Å². The van der Waals surface area contributed by atoms with Crippen LogP contribution in [0.4, 0.5) is 5.13 Å². The number of hydrogen-bond acceptors (Lipinski definition) is 5. The molecular formula is C18H23N3O3S2. The zero-order valence-corrected chi connectivity index (χ0v) is 16.8. The number of sulfonamides is 1. The Kier molecular flexibility index (Phi) is 5.45. The summed E-state index contributed by atoms with van der Waals surface area (Å²) in [6.45, 7) is 6.16. The number of rotatable bonds is 4. The van der Waals surface area contributed by atoms with Crippen LogP contribution in [0.25, 0.3) is 0 Å². The van der Waals surface area contributed by atoms with Gasteiger partial charge in [-0.25, -0.2) is 13.4 Å². The lowest BCUT2D eigenvalue weighted by molar-refractivity contribution is 0.102. The van der Waals surface area contributed by atoms with E-state index >= 15 is 0 Å². The number of hydrogen-bond donors (Lipinski definition) is 1. The van der Waals surface area contributed by atoms with Gasteiger partial charge in [-0.05, 0) is 51.3 Å². The second kappa shape index (κ2) is 7.46. The number of anilines is 1. The van der Waals surface area contributed by atoms with E-state index in [-0.39, 0.29) is 16.8 Å². The molecule has 0 radical (unpaired) electrons. The van der Waals surface area contributed by atoms with Crippen molar-refractivity contribution in [3.8, 4) is 0 Å². The summed E-state index contributed by atoms with van der Waals surface area (Å²) in [5.74, 6) is -0.347. The van der Waals surface area contributed by atoms with Gasteiger partial charge < -0.3 is 0 Å². The molecule has 26 heavy (non-hydrogen) atoms. The Labute approximate surface area is 158 Å². The van der Waals surface area contributed by atoms with Gasteiger partial charge in [0.15, 0.2) is 5.13 Å². The highest BCUT2D eigenvalue weighted by molar-refractivity contribution is 7.89. The molecule has 1 aromatic carbocycles. The van der Waals surface area contributed by atoms with Gasteiger partial charge in [0.2, 0.25) is 10.0 Å². The summed E-state index contributed by atoms with van der Waals surface area (Å²) in [4.78, 5) is 17.9. The van der Waals surface area contributed by atoms with Crippen molar-refractivity contribution in [1.29, 1.82) is 0 Å². The molecule has 1 unspecified atom stereocenters. The smallest absolute Gasteiger partial charge is 0.257 e. The molecule has 1 saturated heterocycles. The van der Waals surface area contributed by atoms with Crippen molar-refractivity contribution in [2.75, 3.05) is 11.9 Å². The SMILES string of the molecule is Cc1cnc(NC(=O)c2cc(S(=O)(=O)N3CCCCC3C)ccc2C)s1. The molecule has 6 nitrogen and oxygen atoms in total. The number of aromatic nitrogens is 1. The summed E-state index contributed by atoms with van der Waals surface area (Å²) in [7, 11) is -3.61. The molecular weight excluding hydrogens is 370 g/mol. The highest BCUT2D eigenvalue weighted by Crippen LogP contribution is 2.27. The number of piperidine rings is 1. The molecule has 1 fully saturated rings. The van der Waals surface area contributed by atoms with Crippen molar-refractivity contribution in [2.45, 2.75) is 51.0 Å². The third-order valence-corrected chi connectivity index (χ3v) is 7.48. The van der Waals surface area contributed by atoms with Crippen LogP contribution in [0.15, 0.2) is 29.3 Å². The minimum Gasteiger partial charge on any atom is -0.298 e. The predicted octanol–water partition coefficient (Wildman–Crippen LogP) is 3.58. The lowest BCUT2D eigenvalue weighted by Gasteiger charge is -2.32. The van der Waals surface area contributed by atoms with E-state index in [9.17, 15) is 13.2 Å². The number of carbonyl (C=O) groups excluding carboxylic acids is 1. The fourth-order valence-corrected chi connectivity index (χ4v) is 5.53. The fourth-order valence-electron chi connectivity index (χ4n) is 3.15. The molecule has 2 heterocycles. The summed E-state index contributed by atoms with van der Waals surface area (Å²) in [6.07, 6.45) is 4.46. The van der Waals surface area contributed by atoms with E-state index in [1.807, 2.05) is 13.8 Å². The minimum atomic E-state index is -3.61. The zero-order valence-electron chi connectivity index (χ0n) is 15.2. The second-order valence-electron chi connectivity index (χ2n) is 6.67. The quantitative estimate of drug-likeness (QED) is 0.861. The standard InChI is InChI=1S/C18H23N3O3S2/c1-12-7-8-15(26(23,24)21-9-5-4-6-13(21)2)10-16(12)17(22)20-18-19-11-14(3)25-18/h7-8,10-11,13H,4-6,9H2,1-3H3,(H,19,20,22). The van der Waals surface area contributed by atoms with Gasteiger partial charge >= 0.3 is 0 Å². The third kappa shape index (κ3) is 3.82. The number of carbonyl (C=O) groups is 1. The van der Waals surface area contributed by atoms with E-state index in [2.05, 4.69) is 10.3 Å². The maximum atomic E-state index is 13.0. The van der Waals surface area contributed by atoms with Crippen LogP contribution < -0.4 is 5.32 Å². The average molecular weight is 394 g/mol. The molecule has 140 valence electrons. The Balaban J connectivity index is 1.90. The molecule has 1 aliphatic rings. The maximum Gasteiger partial charge on any atom is 0.257 e. The number of thiazole rings is 1. The molecule has 0 aliphatic carbocycles. The summed E-state index contributed by atoms with van der Waals surface area (Å²) in [6, 6.07) is 4.72. The van der Waals surface area contributed by atoms with Crippen molar-refractivity contribution in [2.24, 2.45) is 0 Å². The van der Waals surface area contributed by atoms with Crippen LogP contribution in [-0.4, -0.2) is 36.2 Å². The van der Waals surface area contributed by atoms with Crippen LogP contribution in [0.2, 0.25) is 0 Å². The summed E-state index contributed by atoms with van der Waals surface area (Å²) < 4.78 is 27.6. The molecule has 8 heteroatoms. The van der Waals surface area contributed by atoms with E-state index in [0.717, 1.165) is 29.7 Å². The predicted molar refractivity (Wildman–Crippen MR) is 103 cm³/mol. The Morgan fingerprint density at radius 1 is 1.31 bits per heavy atom. The second-order valence-corrected chi connectivity index (χ2v) is 9.79. The Morgan fingerprint density at radius 2 is 2.08 bits per heavy atom. The van der Waals surface area contributed by atoms with E-state index in [0.29, 0.717) is 17.2 Å². The number of nitrogens with one attached hydrogen (secondary N) is 1. The minimum absolute atomic E-state index is 0.0226. The maximum absolute atomic E-state index is 13.0. The van der Waals surface area contributed by atoms with Crippen LogP contribution in [0, 0.1) is 13.8 Å². The Morgan fingerprint density at radius 3 is 2.73 bits per heavy atom. The van der Waals surface area contributed by atoms with Crippen LogP contribution in [0.1, 0.15) is 47.0 Å². The van der Waals surface area contributed by atoms with Gasteiger partial charge in [0, 0.05) is 29.2 Å². The van der Waals surface area contributed by atoms with Crippen LogP contribution in [0.3, 0.4) is 0 Å². The lowest BCUT2D eigenvalue weighted by atomic mass is 10.1. The van der Waals surface area contributed by atoms with E-state index < -0.39 is 10.0 Å². The van der Waals surface area contributed by atoms with Gasteiger partial charge in [0.1, 0.15) is 0 Å². The topological polar surface area (TPSA) is 79.4 Å². The summed E-state index contributed by atoms with van der Waals surface area (Å²) in [5, 5.41) is 3.25. The molecule has 0 saturated carbocycles. The Bertz CT molecular complexity index is 922. The third-order valence-electron chi connectivity index (χ3n) is 4.64. The highest BCUT2D eigenvalue weighted by Gasteiger charge is 2.31. The number of aryl methyl sites for hydroxylation is 2. The number of nitrogens with zero attached hydrogens (tertiary/aromatic N) is 2. The van der Waals surface area contributed by atoms with Gasteiger partial charge in [-0.2, -0.15) is 4.31 Å². The molecule has 0 bridgehead atoms. The first-order valence-electron chi connectivity index (χ1n) is 8.65. The molecule has 0 spiro atoms. The number of benzene rings is 1. The number of amides is 1. The Hall–Kier alpha value is -1.77. The van der Waals surface area contributed by atoms with Gasteiger partial charge in [-0.3, -0.25) is 10.1 Å².